The van der Waals surface area contributed by atoms with E-state index in [2.05, 4.69) is 36.2 Å². The molecule has 2 heterocycles. The summed E-state index contributed by atoms with van der Waals surface area (Å²) >= 11 is 1.62. The number of aromatic nitrogens is 1. The molecule has 2 fully saturated rings. The molecule has 1 saturated heterocycles. The number of rotatable bonds is 4. The maximum atomic E-state index is 12.6. The third kappa shape index (κ3) is 3.35. The van der Waals surface area contributed by atoms with Crippen LogP contribution in [-0.4, -0.2) is 34.9 Å². The van der Waals surface area contributed by atoms with Crippen molar-refractivity contribution >= 4 is 17.2 Å². The summed E-state index contributed by atoms with van der Waals surface area (Å²) in [5.41, 5.74) is 9.51. The van der Waals surface area contributed by atoms with Gasteiger partial charge in [-0.05, 0) is 36.7 Å². The zero-order chi connectivity index (χ0) is 17.4. The molecule has 3 atom stereocenters. The molecule has 2 N–H and O–H groups in total. The van der Waals surface area contributed by atoms with Gasteiger partial charge in [-0.3, -0.25) is 4.79 Å². The van der Waals surface area contributed by atoms with Gasteiger partial charge in [0.05, 0.1) is 12.1 Å². The number of benzene rings is 1. The molecule has 4 nitrogen and oxygen atoms in total. The van der Waals surface area contributed by atoms with Gasteiger partial charge in [-0.25, -0.2) is 4.98 Å². The van der Waals surface area contributed by atoms with E-state index >= 15 is 0 Å². The summed E-state index contributed by atoms with van der Waals surface area (Å²) < 4.78 is 0. The van der Waals surface area contributed by atoms with Crippen LogP contribution in [0.1, 0.15) is 31.0 Å². The van der Waals surface area contributed by atoms with Gasteiger partial charge in [0.2, 0.25) is 5.91 Å². The molecule has 25 heavy (non-hydrogen) atoms. The predicted octanol–water partition coefficient (Wildman–Crippen LogP) is 3.11. The predicted molar refractivity (Wildman–Crippen MR) is 101 cm³/mol. The number of nitrogens with two attached hydrogens (primary N) is 1. The first-order valence-electron chi connectivity index (χ1n) is 9.21. The lowest BCUT2D eigenvalue weighted by Crippen LogP contribution is -2.34. The average Bonchev–Trinajstić information content (AvgIpc) is 3.33. The highest BCUT2D eigenvalue weighted by atomic mass is 32.1. The van der Waals surface area contributed by atoms with Crippen molar-refractivity contribution in [2.24, 2.45) is 17.6 Å². The number of hydrogen-bond acceptors (Lipinski definition) is 4. The van der Waals surface area contributed by atoms with Gasteiger partial charge in [-0.15, -0.1) is 11.3 Å². The highest BCUT2D eigenvalue weighted by molar-refractivity contribution is 7.13. The Labute approximate surface area is 153 Å². The zero-order valence-electron chi connectivity index (χ0n) is 14.6. The van der Waals surface area contributed by atoms with E-state index in [0.717, 1.165) is 42.2 Å². The number of carbonyl (C=O) groups excluding carboxylic acids is 1. The summed E-state index contributed by atoms with van der Waals surface area (Å²) in [5.74, 6) is 1.31. The first-order valence-corrected chi connectivity index (χ1v) is 10.1. The Balaban J connectivity index is 1.40. The molecule has 1 aliphatic heterocycles. The molecule has 4 rings (SSSR count). The van der Waals surface area contributed by atoms with Gasteiger partial charge in [-0.2, -0.15) is 0 Å². The molecule has 1 aliphatic carbocycles. The molecule has 132 valence electrons. The highest BCUT2D eigenvalue weighted by Gasteiger charge is 2.42. The van der Waals surface area contributed by atoms with E-state index in [9.17, 15) is 4.79 Å². The molecule has 2 aliphatic rings. The monoisotopic (exact) mass is 355 g/mol. The van der Waals surface area contributed by atoms with Gasteiger partial charge in [-0.1, -0.05) is 31.2 Å². The van der Waals surface area contributed by atoms with Crippen LogP contribution in [0.3, 0.4) is 0 Å². The molecular weight excluding hydrogens is 330 g/mol. The number of aryl methyl sites for hydroxylation is 1. The largest absolute Gasteiger partial charge is 0.342 e. The number of nitrogens with zero attached hydrogens (tertiary/aromatic N) is 2. The van der Waals surface area contributed by atoms with Gasteiger partial charge in [0.15, 0.2) is 0 Å². The van der Waals surface area contributed by atoms with Gasteiger partial charge in [0.1, 0.15) is 5.01 Å². The molecule has 0 radical (unpaired) electrons. The lowest BCUT2D eigenvalue weighted by molar-refractivity contribution is -0.129. The van der Waals surface area contributed by atoms with Gasteiger partial charge < -0.3 is 10.6 Å². The maximum absolute atomic E-state index is 12.6. The van der Waals surface area contributed by atoms with Crippen LogP contribution in [0.4, 0.5) is 0 Å². The van der Waals surface area contributed by atoms with Crippen LogP contribution in [0.5, 0.6) is 0 Å². The van der Waals surface area contributed by atoms with Crippen molar-refractivity contribution in [3.63, 3.8) is 0 Å². The number of likely N-dealkylation sites (tertiary alicyclic amines) is 1. The highest BCUT2D eigenvalue weighted by Crippen LogP contribution is 2.37. The number of carbonyl (C=O) groups is 1. The minimum absolute atomic E-state index is 0.194. The number of fused-ring (bicyclic) bond motifs is 1. The Bertz CT molecular complexity index is 755. The van der Waals surface area contributed by atoms with Gasteiger partial charge >= 0.3 is 0 Å². The van der Waals surface area contributed by atoms with E-state index in [1.165, 1.54) is 12.0 Å². The number of hydrogen-bond donors (Lipinski definition) is 1. The first-order chi connectivity index (χ1) is 12.1. The number of amides is 1. The molecular formula is C20H25N3OS. The van der Waals surface area contributed by atoms with Crippen molar-refractivity contribution in [2.75, 3.05) is 13.1 Å². The Morgan fingerprint density at radius 3 is 2.80 bits per heavy atom. The van der Waals surface area contributed by atoms with Crippen LogP contribution < -0.4 is 5.73 Å². The van der Waals surface area contributed by atoms with Gasteiger partial charge in [0, 0.05) is 30.1 Å². The van der Waals surface area contributed by atoms with E-state index in [4.69, 9.17) is 5.73 Å². The third-order valence-electron chi connectivity index (χ3n) is 5.76. The lowest BCUT2D eigenvalue weighted by atomic mass is 9.98. The number of thiazole rings is 1. The zero-order valence-corrected chi connectivity index (χ0v) is 15.5. The Morgan fingerprint density at radius 1 is 1.28 bits per heavy atom. The van der Waals surface area contributed by atoms with Crippen molar-refractivity contribution in [1.29, 1.82) is 0 Å². The second-order valence-electron chi connectivity index (χ2n) is 7.34. The van der Waals surface area contributed by atoms with Crippen molar-refractivity contribution in [1.82, 2.24) is 9.88 Å². The van der Waals surface area contributed by atoms with Crippen molar-refractivity contribution in [2.45, 2.75) is 38.6 Å². The van der Waals surface area contributed by atoms with E-state index in [1.807, 2.05) is 10.3 Å². The average molecular weight is 356 g/mol. The fraction of sp³-hybridized carbons (Fsp3) is 0.500. The molecule has 0 spiro atoms. The SMILES string of the molecule is CCc1ccc(-c2nc(CC(=O)N3CC4CCC(N)C4C3)cs2)cc1. The standard InChI is InChI=1S/C20H25N3OS/c1-2-13-3-5-14(6-4-13)20-22-16(12-25-20)9-19(24)23-10-15-7-8-18(21)17(15)11-23/h3-6,12,15,17-18H,2,7-11,21H2,1H3. The summed E-state index contributed by atoms with van der Waals surface area (Å²) in [6.07, 6.45) is 3.73. The van der Waals surface area contributed by atoms with Crippen LogP contribution in [0, 0.1) is 11.8 Å². The second kappa shape index (κ2) is 6.89. The Morgan fingerprint density at radius 2 is 2.08 bits per heavy atom. The Kier molecular flexibility index (Phi) is 4.61. The van der Waals surface area contributed by atoms with E-state index in [-0.39, 0.29) is 11.9 Å². The van der Waals surface area contributed by atoms with Crippen molar-refractivity contribution < 1.29 is 4.79 Å². The minimum atomic E-state index is 0.194. The van der Waals surface area contributed by atoms with Crippen LogP contribution in [0.2, 0.25) is 0 Å². The summed E-state index contributed by atoms with van der Waals surface area (Å²) in [6.45, 7) is 3.87. The summed E-state index contributed by atoms with van der Waals surface area (Å²) in [5, 5.41) is 3.01. The summed E-state index contributed by atoms with van der Waals surface area (Å²) in [7, 11) is 0. The smallest absolute Gasteiger partial charge is 0.228 e. The second-order valence-corrected chi connectivity index (χ2v) is 8.19. The topological polar surface area (TPSA) is 59.2 Å². The minimum Gasteiger partial charge on any atom is -0.342 e. The quantitative estimate of drug-likeness (QED) is 0.917. The normalized spacial score (nSPS) is 25.4. The Hall–Kier alpha value is -1.72. The fourth-order valence-electron chi connectivity index (χ4n) is 4.18. The first kappa shape index (κ1) is 16.7. The molecule has 1 aromatic carbocycles. The molecule has 2 aromatic rings. The fourth-order valence-corrected chi connectivity index (χ4v) is 5.01. The van der Waals surface area contributed by atoms with E-state index in [0.29, 0.717) is 18.3 Å². The van der Waals surface area contributed by atoms with Crippen molar-refractivity contribution in [3.05, 3.63) is 40.9 Å². The molecule has 3 unspecified atom stereocenters. The van der Waals surface area contributed by atoms with Crippen LogP contribution in [0.15, 0.2) is 29.6 Å². The maximum Gasteiger partial charge on any atom is 0.228 e. The van der Waals surface area contributed by atoms with Crippen LogP contribution in [0.25, 0.3) is 10.6 Å². The third-order valence-corrected chi connectivity index (χ3v) is 6.70. The van der Waals surface area contributed by atoms with E-state index in [1.54, 1.807) is 11.3 Å². The summed E-state index contributed by atoms with van der Waals surface area (Å²) in [6, 6.07) is 8.81. The molecule has 1 saturated carbocycles. The lowest BCUT2D eigenvalue weighted by Gasteiger charge is -2.18. The van der Waals surface area contributed by atoms with Crippen molar-refractivity contribution in [3.8, 4) is 10.6 Å². The van der Waals surface area contributed by atoms with Crippen LogP contribution in [-0.2, 0) is 17.6 Å². The molecule has 1 amide bonds. The van der Waals surface area contributed by atoms with Gasteiger partial charge in [0.25, 0.3) is 0 Å². The molecule has 1 aromatic heterocycles. The molecule has 0 bridgehead atoms. The van der Waals surface area contributed by atoms with E-state index < -0.39 is 0 Å². The molecule has 5 heteroatoms. The van der Waals surface area contributed by atoms with Crippen LogP contribution >= 0.6 is 11.3 Å². The summed E-state index contributed by atoms with van der Waals surface area (Å²) in [4.78, 5) is 19.3.